The van der Waals surface area contributed by atoms with E-state index in [4.69, 9.17) is 0 Å². The SMILES string of the molecule is O=C(Nc1ccccc1-c1ccc(=O)[nH]n1)c1ccc(F)cc1F. The van der Waals surface area contributed by atoms with Gasteiger partial charge >= 0.3 is 0 Å². The first kappa shape index (κ1) is 15.5. The van der Waals surface area contributed by atoms with Gasteiger partial charge < -0.3 is 5.32 Å². The Balaban J connectivity index is 1.94. The quantitative estimate of drug-likeness (QED) is 0.776. The van der Waals surface area contributed by atoms with Crippen LogP contribution in [-0.4, -0.2) is 16.1 Å². The third-order valence-corrected chi connectivity index (χ3v) is 3.31. The second kappa shape index (κ2) is 6.41. The fraction of sp³-hybridized carbons (Fsp3) is 0. The molecule has 1 aromatic heterocycles. The van der Waals surface area contributed by atoms with Crippen molar-refractivity contribution in [3.8, 4) is 11.3 Å². The molecule has 3 rings (SSSR count). The highest BCUT2D eigenvalue weighted by atomic mass is 19.1. The molecule has 0 unspecified atom stereocenters. The zero-order chi connectivity index (χ0) is 17.1. The summed E-state index contributed by atoms with van der Waals surface area (Å²) in [6.07, 6.45) is 0. The molecule has 0 atom stereocenters. The zero-order valence-electron chi connectivity index (χ0n) is 12.2. The molecule has 0 bridgehead atoms. The molecular formula is C17H11F2N3O2. The van der Waals surface area contributed by atoms with Crippen LogP contribution in [0.2, 0.25) is 0 Å². The Labute approximate surface area is 135 Å². The zero-order valence-corrected chi connectivity index (χ0v) is 12.2. The van der Waals surface area contributed by atoms with Gasteiger partial charge in [0.05, 0.1) is 16.9 Å². The largest absolute Gasteiger partial charge is 0.321 e. The molecule has 0 fully saturated rings. The third-order valence-electron chi connectivity index (χ3n) is 3.31. The summed E-state index contributed by atoms with van der Waals surface area (Å²) in [4.78, 5) is 23.3. The van der Waals surface area contributed by atoms with Crippen molar-refractivity contribution in [2.45, 2.75) is 0 Å². The average Bonchev–Trinajstić information content (AvgIpc) is 2.56. The van der Waals surface area contributed by atoms with Crippen LogP contribution in [0.15, 0.2) is 59.4 Å². The maximum Gasteiger partial charge on any atom is 0.264 e. The van der Waals surface area contributed by atoms with E-state index in [9.17, 15) is 18.4 Å². The molecule has 0 aliphatic heterocycles. The van der Waals surface area contributed by atoms with Crippen molar-refractivity contribution in [3.05, 3.63) is 82.1 Å². The van der Waals surface area contributed by atoms with Crippen LogP contribution in [0.5, 0.6) is 0 Å². The van der Waals surface area contributed by atoms with Crippen LogP contribution in [0.1, 0.15) is 10.4 Å². The first-order valence-corrected chi connectivity index (χ1v) is 6.96. The summed E-state index contributed by atoms with van der Waals surface area (Å²) in [6, 6.07) is 12.3. The van der Waals surface area contributed by atoms with Crippen molar-refractivity contribution in [1.82, 2.24) is 10.2 Å². The fourth-order valence-electron chi connectivity index (χ4n) is 2.17. The van der Waals surface area contributed by atoms with E-state index in [0.29, 0.717) is 23.0 Å². The third kappa shape index (κ3) is 3.19. The minimum atomic E-state index is -0.952. The number of aromatic nitrogens is 2. The Morgan fingerprint density at radius 2 is 1.83 bits per heavy atom. The van der Waals surface area contributed by atoms with E-state index in [1.165, 1.54) is 12.1 Å². The number of hydrogen-bond donors (Lipinski definition) is 2. The van der Waals surface area contributed by atoms with E-state index in [-0.39, 0.29) is 11.1 Å². The number of benzene rings is 2. The van der Waals surface area contributed by atoms with Crippen LogP contribution in [0.3, 0.4) is 0 Å². The molecule has 3 aromatic rings. The molecule has 2 N–H and O–H groups in total. The average molecular weight is 327 g/mol. The van der Waals surface area contributed by atoms with Gasteiger partial charge in [-0.3, -0.25) is 9.59 Å². The van der Waals surface area contributed by atoms with Crippen LogP contribution in [0, 0.1) is 11.6 Å². The summed E-state index contributed by atoms with van der Waals surface area (Å²) < 4.78 is 26.7. The normalized spacial score (nSPS) is 10.4. The van der Waals surface area contributed by atoms with E-state index >= 15 is 0 Å². The van der Waals surface area contributed by atoms with Gasteiger partial charge in [0.25, 0.3) is 11.5 Å². The standard InChI is InChI=1S/C17H11F2N3O2/c18-10-5-6-11(13(19)9-10)17(24)20-14-4-2-1-3-12(14)15-7-8-16(23)22-21-15/h1-9H,(H,20,24)(H,22,23). The predicted octanol–water partition coefficient (Wildman–Crippen LogP) is 2.97. The first-order valence-electron chi connectivity index (χ1n) is 6.96. The number of carbonyl (C=O) groups is 1. The number of nitrogens with zero attached hydrogens (tertiary/aromatic N) is 1. The smallest absolute Gasteiger partial charge is 0.264 e. The fourth-order valence-corrected chi connectivity index (χ4v) is 2.17. The van der Waals surface area contributed by atoms with Crippen molar-refractivity contribution in [2.75, 3.05) is 5.32 Å². The lowest BCUT2D eigenvalue weighted by molar-refractivity contribution is 0.102. The van der Waals surface area contributed by atoms with E-state index in [2.05, 4.69) is 15.5 Å². The van der Waals surface area contributed by atoms with Crippen molar-refractivity contribution in [1.29, 1.82) is 0 Å². The number of amides is 1. The predicted molar refractivity (Wildman–Crippen MR) is 84.6 cm³/mol. The minimum Gasteiger partial charge on any atom is -0.321 e. The lowest BCUT2D eigenvalue weighted by atomic mass is 10.1. The summed E-state index contributed by atoms with van der Waals surface area (Å²) in [5.41, 5.74) is 0.731. The van der Waals surface area contributed by atoms with Crippen molar-refractivity contribution >= 4 is 11.6 Å². The molecule has 0 aliphatic carbocycles. The molecule has 0 saturated carbocycles. The van der Waals surface area contributed by atoms with Crippen LogP contribution < -0.4 is 10.9 Å². The Hall–Kier alpha value is -3.35. The molecule has 7 heteroatoms. The van der Waals surface area contributed by atoms with Crippen molar-refractivity contribution in [3.63, 3.8) is 0 Å². The number of rotatable bonds is 3. The minimum absolute atomic E-state index is 0.277. The molecule has 0 radical (unpaired) electrons. The number of anilines is 1. The summed E-state index contributed by atoms with van der Waals surface area (Å²) in [5, 5.41) is 8.78. The van der Waals surface area contributed by atoms with Crippen LogP contribution in [0.4, 0.5) is 14.5 Å². The number of aromatic amines is 1. The highest BCUT2D eigenvalue weighted by Gasteiger charge is 2.15. The maximum absolute atomic E-state index is 13.7. The first-order chi connectivity index (χ1) is 11.5. The molecule has 2 aromatic carbocycles. The molecular weight excluding hydrogens is 316 g/mol. The number of carbonyl (C=O) groups excluding carboxylic acids is 1. The molecule has 1 amide bonds. The molecule has 24 heavy (non-hydrogen) atoms. The molecule has 5 nitrogen and oxygen atoms in total. The van der Waals surface area contributed by atoms with Gasteiger partial charge in [-0.25, -0.2) is 13.9 Å². The Morgan fingerprint density at radius 1 is 1.04 bits per heavy atom. The van der Waals surface area contributed by atoms with Crippen LogP contribution in [0.25, 0.3) is 11.3 Å². The number of nitrogens with one attached hydrogen (secondary N) is 2. The van der Waals surface area contributed by atoms with Crippen LogP contribution in [-0.2, 0) is 0 Å². The molecule has 120 valence electrons. The van der Waals surface area contributed by atoms with Gasteiger partial charge in [0.2, 0.25) is 0 Å². The van der Waals surface area contributed by atoms with Crippen molar-refractivity contribution < 1.29 is 13.6 Å². The van der Waals surface area contributed by atoms with Gasteiger partial charge in [-0.1, -0.05) is 18.2 Å². The van der Waals surface area contributed by atoms with Gasteiger partial charge in [-0.2, -0.15) is 5.10 Å². The molecule has 0 spiro atoms. The van der Waals surface area contributed by atoms with Gasteiger partial charge in [-0.15, -0.1) is 0 Å². The number of H-pyrrole nitrogens is 1. The maximum atomic E-state index is 13.7. The van der Waals surface area contributed by atoms with Gasteiger partial charge in [0, 0.05) is 17.7 Å². The van der Waals surface area contributed by atoms with Crippen molar-refractivity contribution in [2.24, 2.45) is 0 Å². The molecule has 0 saturated heterocycles. The highest BCUT2D eigenvalue weighted by molar-refractivity contribution is 6.06. The second-order valence-corrected chi connectivity index (χ2v) is 4.93. The van der Waals surface area contributed by atoms with E-state index < -0.39 is 17.5 Å². The second-order valence-electron chi connectivity index (χ2n) is 4.93. The summed E-state index contributed by atoms with van der Waals surface area (Å²) >= 11 is 0. The van der Waals surface area contributed by atoms with Gasteiger partial charge in [0.1, 0.15) is 11.6 Å². The summed E-state index contributed by atoms with van der Waals surface area (Å²) in [5.74, 6) is -2.43. The van der Waals surface area contributed by atoms with E-state index in [1.54, 1.807) is 24.3 Å². The molecule has 0 aliphatic rings. The Kier molecular flexibility index (Phi) is 4.15. The Morgan fingerprint density at radius 3 is 2.54 bits per heavy atom. The lowest BCUT2D eigenvalue weighted by Gasteiger charge is -2.11. The Bertz CT molecular complexity index is 950. The molecule has 1 heterocycles. The summed E-state index contributed by atoms with van der Waals surface area (Å²) in [7, 11) is 0. The van der Waals surface area contributed by atoms with Gasteiger partial charge in [0.15, 0.2) is 0 Å². The monoisotopic (exact) mass is 327 g/mol. The number of para-hydroxylation sites is 1. The lowest BCUT2D eigenvalue weighted by Crippen LogP contribution is -2.15. The van der Waals surface area contributed by atoms with E-state index in [0.717, 1.165) is 12.1 Å². The summed E-state index contributed by atoms with van der Waals surface area (Å²) in [6.45, 7) is 0. The number of hydrogen-bond acceptors (Lipinski definition) is 3. The van der Waals surface area contributed by atoms with Crippen LogP contribution >= 0.6 is 0 Å². The van der Waals surface area contributed by atoms with Gasteiger partial charge in [-0.05, 0) is 24.3 Å². The van der Waals surface area contributed by atoms with E-state index in [1.807, 2.05) is 0 Å². The topological polar surface area (TPSA) is 74.8 Å². The number of halogens is 2. The highest BCUT2D eigenvalue weighted by Crippen LogP contribution is 2.26.